The first-order valence-electron chi connectivity index (χ1n) is 10.5. The van der Waals surface area contributed by atoms with Crippen molar-refractivity contribution < 1.29 is 9.90 Å². The zero-order valence-electron chi connectivity index (χ0n) is 18.5. The molecule has 8 nitrogen and oxygen atoms in total. The first-order valence-corrected chi connectivity index (χ1v) is 11.7. The van der Waals surface area contributed by atoms with Crippen LogP contribution in [0.25, 0.3) is 5.00 Å². The number of nitrogens with one attached hydrogen (secondary N) is 1. The van der Waals surface area contributed by atoms with E-state index in [0.717, 1.165) is 32.3 Å². The maximum absolute atomic E-state index is 12.6. The Balaban J connectivity index is 1.90. The van der Waals surface area contributed by atoms with Crippen LogP contribution in [0, 0.1) is 25.2 Å². The number of aryl methyl sites for hydroxylation is 1. The predicted molar refractivity (Wildman–Crippen MR) is 127 cm³/mol. The van der Waals surface area contributed by atoms with Gasteiger partial charge in [-0.1, -0.05) is 23.7 Å². The number of hydrogen-bond acceptors (Lipinski definition) is 7. The fourth-order valence-corrected chi connectivity index (χ4v) is 5.24. The molecule has 33 heavy (non-hydrogen) atoms. The van der Waals surface area contributed by atoms with Gasteiger partial charge in [-0.15, -0.1) is 21.5 Å². The Morgan fingerprint density at radius 3 is 2.73 bits per heavy atom. The van der Waals surface area contributed by atoms with Gasteiger partial charge < -0.3 is 10.4 Å². The molecule has 2 aromatic heterocycles. The Labute approximate surface area is 200 Å². The smallest absolute Gasteiger partial charge is 0.222 e. The van der Waals surface area contributed by atoms with Gasteiger partial charge in [0.25, 0.3) is 0 Å². The van der Waals surface area contributed by atoms with Crippen LogP contribution >= 0.6 is 22.9 Å². The van der Waals surface area contributed by atoms with Crippen molar-refractivity contribution in [2.75, 3.05) is 6.54 Å². The molecule has 0 saturated carbocycles. The summed E-state index contributed by atoms with van der Waals surface area (Å²) in [6, 6.07) is 9.07. The summed E-state index contributed by atoms with van der Waals surface area (Å²) in [5, 5.41) is 31.7. The first kappa shape index (κ1) is 23.1. The number of nitriles is 1. The monoisotopic (exact) mass is 482 g/mol. The summed E-state index contributed by atoms with van der Waals surface area (Å²) in [6.07, 6.45) is -0.296. The molecule has 1 aliphatic heterocycles. The van der Waals surface area contributed by atoms with E-state index in [2.05, 4.69) is 21.6 Å². The molecule has 10 heteroatoms. The number of aliphatic hydroxyl groups is 1. The number of aliphatic imine (C=N–C) groups is 1. The fraction of sp³-hybridized carbons (Fsp3) is 0.348. The van der Waals surface area contributed by atoms with E-state index in [4.69, 9.17) is 16.6 Å². The average molecular weight is 483 g/mol. The van der Waals surface area contributed by atoms with Gasteiger partial charge >= 0.3 is 0 Å². The molecule has 0 bridgehead atoms. The molecule has 1 aromatic carbocycles. The molecular weight excluding hydrogens is 460 g/mol. The molecule has 2 N–H and O–H groups in total. The number of aliphatic hydroxyl groups excluding tert-OH is 1. The summed E-state index contributed by atoms with van der Waals surface area (Å²) in [5.74, 6) is 1.01. The van der Waals surface area contributed by atoms with Crippen molar-refractivity contribution in [1.29, 1.82) is 5.26 Å². The fourth-order valence-electron chi connectivity index (χ4n) is 3.82. The summed E-state index contributed by atoms with van der Waals surface area (Å²) < 4.78 is 1.94. The third-order valence-corrected chi connectivity index (χ3v) is 6.96. The highest BCUT2D eigenvalue weighted by Gasteiger charge is 2.32. The molecule has 0 aliphatic carbocycles. The number of fused-ring (bicyclic) bond motifs is 3. The van der Waals surface area contributed by atoms with Crippen molar-refractivity contribution in [2.45, 2.75) is 45.8 Å². The molecule has 3 aromatic rings. The number of aromatic nitrogens is 3. The first-order chi connectivity index (χ1) is 15.8. The van der Waals surface area contributed by atoms with Gasteiger partial charge in [-0.25, -0.2) is 0 Å². The Bertz CT molecular complexity index is 1270. The molecule has 0 unspecified atom stereocenters. The van der Waals surface area contributed by atoms with E-state index in [1.807, 2.05) is 30.5 Å². The summed E-state index contributed by atoms with van der Waals surface area (Å²) in [4.78, 5) is 18.6. The van der Waals surface area contributed by atoms with Crippen LogP contribution in [0.15, 0.2) is 29.3 Å². The third kappa shape index (κ3) is 4.55. The molecule has 1 aliphatic rings. The standard InChI is InChI=1S/C23H23ClN6O2S/c1-12(31)11-26-19(32)10-17-22-29-28-14(3)30(22)23-20(13(2)18(33-23)8-9-25)21(27-17)15-4-6-16(24)7-5-15/h4-7,12,17,31H,8,10-11H2,1-3H3,(H,26,32)/t12-,17-/m0/s1. The lowest BCUT2D eigenvalue weighted by atomic mass is 9.99. The minimum atomic E-state index is -0.643. The lowest BCUT2D eigenvalue weighted by Crippen LogP contribution is -2.31. The van der Waals surface area contributed by atoms with Crippen LogP contribution < -0.4 is 5.32 Å². The van der Waals surface area contributed by atoms with Crippen molar-refractivity contribution in [1.82, 2.24) is 20.1 Å². The van der Waals surface area contributed by atoms with Crippen molar-refractivity contribution in [2.24, 2.45) is 4.99 Å². The topological polar surface area (TPSA) is 116 Å². The van der Waals surface area contributed by atoms with Crippen molar-refractivity contribution in [3.05, 3.63) is 62.5 Å². The van der Waals surface area contributed by atoms with Gasteiger partial charge in [0.2, 0.25) is 5.91 Å². The number of thiophene rings is 1. The summed E-state index contributed by atoms with van der Waals surface area (Å²) in [5.41, 5.74) is 3.46. The lowest BCUT2D eigenvalue weighted by molar-refractivity contribution is -0.121. The average Bonchev–Trinajstić information content (AvgIpc) is 3.26. The Hall–Kier alpha value is -3.06. The minimum absolute atomic E-state index is 0.0565. The minimum Gasteiger partial charge on any atom is -0.392 e. The van der Waals surface area contributed by atoms with Crippen molar-refractivity contribution in [3.63, 3.8) is 0 Å². The summed E-state index contributed by atoms with van der Waals surface area (Å²) in [6.45, 7) is 5.62. The number of carbonyl (C=O) groups is 1. The van der Waals surface area contributed by atoms with Gasteiger partial charge in [-0.3, -0.25) is 14.4 Å². The number of carbonyl (C=O) groups excluding carboxylic acids is 1. The SMILES string of the molecule is Cc1c(CC#N)sc2c1C(c1ccc(Cl)cc1)=N[C@@H](CC(=O)NC[C@H](C)O)c1nnc(C)n1-2. The van der Waals surface area contributed by atoms with Crippen LogP contribution in [0.1, 0.15) is 52.6 Å². The van der Waals surface area contributed by atoms with Crippen LogP contribution in [0.4, 0.5) is 0 Å². The molecule has 1 amide bonds. The normalized spacial score (nSPS) is 15.6. The summed E-state index contributed by atoms with van der Waals surface area (Å²) in [7, 11) is 0. The number of benzene rings is 1. The van der Waals surface area contributed by atoms with Gasteiger partial charge in [0.15, 0.2) is 5.82 Å². The number of amides is 1. The second kappa shape index (κ2) is 9.43. The number of hydrogen-bond donors (Lipinski definition) is 2. The van der Waals surface area contributed by atoms with E-state index < -0.39 is 12.1 Å². The maximum Gasteiger partial charge on any atom is 0.222 e. The van der Waals surface area contributed by atoms with Gasteiger partial charge in [0.1, 0.15) is 16.9 Å². The van der Waals surface area contributed by atoms with Crippen LogP contribution in [0.3, 0.4) is 0 Å². The van der Waals surface area contributed by atoms with E-state index in [-0.39, 0.29) is 18.9 Å². The number of nitrogens with zero attached hydrogens (tertiary/aromatic N) is 5. The maximum atomic E-state index is 12.6. The zero-order valence-corrected chi connectivity index (χ0v) is 20.0. The Morgan fingerprint density at radius 2 is 2.06 bits per heavy atom. The van der Waals surface area contributed by atoms with E-state index in [1.54, 1.807) is 19.1 Å². The highest BCUT2D eigenvalue weighted by atomic mass is 35.5. The molecule has 0 radical (unpaired) electrons. The van der Waals surface area contributed by atoms with E-state index in [1.165, 1.54) is 11.3 Å². The molecule has 4 rings (SSSR count). The van der Waals surface area contributed by atoms with Crippen LogP contribution in [0.2, 0.25) is 5.02 Å². The number of halogens is 1. The van der Waals surface area contributed by atoms with Gasteiger partial charge in [0.05, 0.1) is 30.7 Å². The highest BCUT2D eigenvalue weighted by Crippen LogP contribution is 2.40. The quantitative estimate of drug-likeness (QED) is 0.558. The van der Waals surface area contributed by atoms with Crippen molar-refractivity contribution >= 4 is 34.6 Å². The molecule has 0 spiro atoms. The number of rotatable bonds is 6. The third-order valence-electron chi connectivity index (χ3n) is 5.43. The molecule has 0 saturated heterocycles. The highest BCUT2D eigenvalue weighted by molar-refractivity contribution is 7.15. The lowest BCUT2D eigenvalue weighted by Gasteiger charge is -2.13. The molecular formula is C23H23ClN6O2S. The molecule has 0 fully saturated rings. The zero-order chi connectivity index (χ0) is 23.7. The molecule has 170 valence electrons. The summed E-state index contributed by atoms with van der Waals surface area (Å²) >= 11 is 7.64. The van der Waals surface area contributed by atoms with Gasteiger partial charge in [0, 0.05) is 27.6 Å². The largest absolute Gasteiger partial charge is 0.392 e. The predicted octanol–water partition coefficient (Wildman–Crippen LogP) is 3.44. The Kier molecular flexibility index (Phi) is 6.61. The Morgan fingerprint density at radius 1 is 1.33 bits per heavy atom. The second-order valence-electron chi connectivity index (χ2n) is 7.96. The molecule has 2 atom stereocenters. The van der Waals surface area contributed by atoms with Gasteiger partial charge in [-0.2, -0.15) is 5.26 Å². The van der Waals surface area contributed by atoms with E-state index >= 15 is 0 Å². The van der Waals surface area contributed by atoms with E-state index in [9.17, 15) is 15.2 Å². The van der Waals surface area contributed by atoms with Crippen molar-refractivity contribution in [3.8, 4) is 11.1 Å². The van der Waals surface area contributed by atoms with Crippen LogP contribution in [0.5, 0.6) is 0 Å². The van der Waals surface area contributed by atoms with Crippen LogP contribution in [-0.2, 0) is 11.2 Å². The van der Waals surface area contributed by atoms with E-state index in [0.29, 0.717) is 23.1 Å². The van der Waals surface area contributed by atoms with Crippen LogP contribution in [-0.4, -0.2) is 44.1 Å². The molecule has 3 heterocycles. The van der Waals surface area contributed by atoms with Gasteiger partial charge in [-0.05, 0) is 38.5 Å². The second-order valence-corrected chi connectivity index (χ2v) is 9.48.